The second kappa shape index (κ2) is 3.76. The molecule has 0 aliphatic heterocycles. The fourth-order valence-electron chi connectivity index (χ4n) is 0.792. The second-order valence-corrected chi connectivity index (χ2v) is 2.64. The van der Waals surface area contributed by atoms with Crippen molar-refractivity contribution in [3.8, 4) is 5.75 Å². The molecule has 0 bridgehead atoms. The SMILES string of the molecule is C=C(Oc1ccc(C)cc1)C(=O)O. The highest BCUT2D eigenvalue weighted by Gasteiger charge is 2.05. The Kier molecular flexibility index (Phi) is 2.69. The molecule has 1 aromatic rings. The molecule has 0 radical (unpaired) electrons. The molecular formula is C10H10O3. The fraction of sp³-hybridized carbons (Fsp3) is 0.100. The highest BCUT2D eigenvalue weighted by Crippen LogP contribution is 2.13. The minimum Gasteiger partial charge on any atom is -0.475 e. The number of rotatable bonds is 3. The van der Waals surface area contributed by atoms with E-state index in [-0.39, 0.29) is 5.76 Å². The van der Waals surface area contributed by atoms with Crippen molar-refractivity contribution in [2.24, 2.45) is 0 Å². The molecule has 0 atom stereocenters. The Hall–Kier alpha value is -1.77. The minimum atomic E-state index is -1.15. The Balaban J connectivity index is 2.70. The maximum atomic E-state index is 10.3. The Morgan fingerprint density at radius 2 is 1.92 bits per heavy atom. The third-order valence-electron chi connectivity index (χ3n) is 1.50. The molecule has 3 heteroatoms. The van der Waals surface area contributed by atoms with Gasteiger partial charge in [0.25, 0.3) is 0 Å². The van der Waals surface area contributed by atoms with Gasteiger partial charge in [-0.2, -0.15) is 0 Å². The minimum absolute atomic E-state index is 0.274. The van der Waals surface area contributed by atoms with Gasteiger partial charge in [0.05, 0.1) is 0 Å². The van der Waals surface area contributed by atoms with Gasteiger partial charge < -0.3 is 9.84 Å². The van der Waals surface area contributed by atoms with Gasteiger partial charge in [0.1, 0.15) is 5.75 Å². The fourth-order valence-corrected chi connectivity index (χ4v) is 0.792. The van der Waals surface area contributed by atoms with Crippen LogP contribution in [0.5, 0.6) is 5.75 Å². The molecule has 13 heavy (non-hydrogen) atoms. The lowest BCUT2D eigenvalue weighted by Crippen LogP contribution is -2.05. The molecule has 0 aliphatic rings. The number of aryl methyl sites for hydroxylation is 1. The van der Waals surface area contributed by atoms with Gasteiger partial charge in [-0.1, -0.05) is 17.7 Å². The normalized spacial score (nSPS) is 9.31. The van der Waals surface area contributed by atoms with Crippen LogP contribution in [0.1, 0.15) is 5.56 Å². The average Bonchev–Trinajstić information content (AvgIpc) is 2.08. The van der Waals surface area contributed by atoms with Crippen molar-refractivity contribution in [3.05, 3.63) is 42.2 Å². The summed E-state index contributed by atoms with van der Waals surface area (Å²) in [5.74, 6) is -0.942. The number of hydrogen-bond acceptors (Lipinski definition) is 2. The van der Waals surface area contributed by atoms with Crippen LogP contribution in [0.4, 0.5) is 0 Å². The summed E-state index contributed by atoms with van der Waals surface area (Å²) in [5.41, 5.74) is 1.09. The summed E-state index contributed by atoms with van der Waals surface area (Å²) in [5, 5.41) is 8.47. The van der Waals surface area contributed by atoms with Crippen molar-refractivity contribution < 1.29 is 14.6 Å². The molecule has 68 valence electrons. The van der Waals surface area contributed by atoms with Gasteiger partial charge in [0.15, 0.2) is 0 Å². The third kappa shape index (κ3) is 2.63. The molecule has 0 spiro atoms. The van der Waals surface area contributed by atoms with E-state index in [0.717, 1.165) is 5.56 Å². The molecule has 0 heterocycles. The first kappa shape index (κ1) is 9.32. The molecule has 0 unspecified atom stereocenters. The van der Waals surface area contributed by atoms with Crippen LogP contribution < -0.4 is 4.74 Å². The molecule has 1 rings (SSSR count). The molecule has 0 amide bonds. The summed E-state index contributed by atoms with van der Waals surface area (Å²) < 4.78 is 4.94. The average molecular weight is 178 g/mol. The predicted octanol–water partition coefficient (Wildman–Crippen LogP) is 1.97. The van der Waals surface area contributed by atoms with Crippen LogP contribution in [0.3, 0.4) is 0 Å². The lowest BCUT2D eigenvalue weighted by Gasteiger charge is -2.03. The molecular weight excluding hydrogens is 168 g/mol. The standard InChI is InChI=1S/C10H10O3/c1-7-3-5-9(6-4-7)13-8(2)10(11)12/h3-6H,2H2,1H3,(H,11,12). The van der Waals surface area contributed by atoms with Crippen molar-refractivity contribution in [3.63, 3.8) is 0 Å². The molecule has 0 saturated carbocycles. The zero-order valence-electron chi connectivity index (χ0n) is 7.28. The Morgan fingerprint density at radius 1 is 1.38 bits per heavy atom. The summed E-state index contributed by atoms with van der Waals surface area (Å²) >= 11 is 0. The highest BCUT2D eigenvalue weighted by atomic mass is 16.5. The van der Waals surface area contributed by atoms with E-state index in [2.05, 4.69) is 6.58 Å². The topological polar surface area (TPSA) is 46.5 Å². The van der Waals surface area contributed by atoms with Gasteiger partial charge >= 0.3 is 5.97 Å². The van der Waals surface area contributed by atoms with Gasteiger partial charge in [0.2, 0.25) is 5.76 Å². The molecule has 3 nitrogen and oxygen atoms in total. The number of aliphatic carboxylic acids is 1. The molecule has 1 aromatic carbocycles. The number of carbonyl (C=O) groups is 1. The molecule has 0 fully saturated rings. The van der Waals surface area contributed by atoms with Crippen LogP contribution >= 0.6 is 0 Å². The maximum Gasteiger partial charge on any atom is 0.371 e. The van der Waals surface area contributed by atoms with Crippen molar-refractivity contribution in [2.75, 3.05) is 0 Å². The van der Waals surface area contributed by atoms with Gasteiger partial charge in [-0.25, -0.2) is 4.79 Å². The molecule has 1 N–H and O–H groups in total. The monoisotopic (exact) mass is 178 g/mol. The number of ether oxygens (including phenoxy) is 1. The second-order valence-electron chi connectivity index (χ2n) is 2.64. The summed E-state index contributed by atoms with van der Waals surface area (Å²) in [6.45, 7) is 5.19. The van der Waals surface area contributed by atoms with Crippen molar-refractivity contribution in [2.45, 2.75) is 6.92 Å². The van der Waals surface area contributed by atoms with Gasteiger partial charge in [-0.05, 0) is 25.6 Å². The number of carboxylic acids is 1. The lowest BCUT2D eigenvalue weighted by molar-refractivity contribution is -0.135. The molecule has 0 saturated heterocycles. The summed E-state index contributed by atoms with van der Waals surface area (Å²) in [7, 11) is 0. The molecule has 0 aliphatic carbocycles. The zero-order valence-corrected chi connectivity index (χ0v) is 7.28. The van der Waals surface area contributed by atoms with Crippen molar-refractivity contribution in [1.29, 1.82) is 0 Å². The van der Waals surface area contributed by atoms with Crippen LogP contribution in [0.15, 0.2) is 36.6 Å². The van der Waals surface area contributed by atoms with Gasteiger partial charge in [0, 0.05) is 0 Å². The van der Waals surface area contributed by atoms with Crippen molar-refractivity contribution in [1.82, 2.24) is 0 Å². The number of benzene rings is 1. The van der Waals surface area contributed by atoms with E-state index in [1.54, 1.807) is 12.1 Å². The predicted molar refractivity (Wildman–Crippen MR) is 48.6 cm³/mol. The largest absolute Gasteiger partial charge is 0.475 e. The van der Waals surface area contributed by atoms with E-state index in [1.807, 2.05) is 19.1 Å². The summed E-state index contributed by atoms with van der Waals surface area (Å²) in [6.07, 6.45) is 0. The maximum absolute atomic E-state index is 10.3. The summed E-state index contributed by atoms with van der Waals surface area (Å²) in [6, 6.07) is 7.07. The van der Waals surface area contributed by atoms with Crippen LogP contribution in [-0.2, 0) is 4.79 Å². The van der Waals surface area contributed by atoms with E-state index >= 15 is 0 Å². The zero-order chi connectivity index (χ0) is 9.84. The van der Waals surface area contributed by atoms with E-state index in [4.69, 9.17) is 9.84 Å². The van der Waals surface area contributed by atoms with E-state index in [0.29, 0.717) is 5.75 Å². The third-order valence-corrected chi connectivity index (χ3v) is 1.50. The first-order chi connectivity index (χ1) is 6.09. The first-order valence-corrected chi connectivity index (χ1v) is 3.76. The van der Waals surface area contributed by atoms with Crippen LogP contribution in [-0.4, -0.2) is 11.1 Å². The summed E-state index contributed by atoms with van der Waals surface area (Å²) in [4.78, 5) is 10.3. The number of carboxylic acid groups (broad SMARTS) is 1. The van der Waals surface area contributed by atoms with Gasteiger partial charge in [-0.3, -0.25) is 0 Å². The Morgan fingerprint density at radius 3 is 2.38 bits per heavy atom. The lowest BCUT2D eigenvalue weighted by atomic mass is 10.2. The quantitative estimate of drug-likeness (QED) is 0.568. The highest BCUT2D eigenvalue weighted by molar-refractivity contribution is 5.83. The van der Waals surface area contributed by atoms with E-state index in [1.165, 1.54) is 0 Å². The first-order valence-electron chi connectivity index (χ1n) is 3.76. The van der Waals surface area contributed by atoms with E-state index in [9.17, 15) is 4.79 Å². The number of hydrogen-bond donors (Lipinski definition) is 1. The van der Waals surface area contributed by atoms with Crippen LogP contribution in [0.2, 0.25) is 0 Å². The van der Waals surface area contributed by atoms with Crippen LogP contribution in [0, 0.1) is 6.92 Å². The van der Waals surface area contributed by atoms with Crippen LogP contribution in [0.25, 0.3) is 0 Å². The van der Waals surface area contributed by atoms with Crippen molar-refractivity contribution >= 4 is 5.97 Å². The Labute approximate surface area is 76.3 Å². The smallest absolute Gasteiger partial charge is 0.371 e. The Bertz CT molecular complexity index is 325. The molecule has 0 aromatic heterocycles. The van der Waals surface area contributed by atoms with E-state index < -0.39 is 5.97 Å². The van der Waals surface area contributed by atoms with Gasteiger partial charge in [-0.15, -0.1) is 0 Å².